The Balaban J connectivity index is 1.72. The van der Waals surface area contributed by atoms with Crippen molar-refractivity contribution in [2.75, 3.05) is 7.11 Å². The van der Waals surface area contributed by atoms with Crippen LogP contribution in [0.5, 0.6) is 11.5 Å². The van der Waals surface area contributed by atoms with Crippen molar-refractivity contribution in [2.24, 2.45) is 5.10 Å². The number of rotatable bonds is 7. The van der Waals surface area contributed by atoms with Gasteiger partial charge in [-0.3, -0.25) is 4.79 Å². The van der Waals surface area contributed by atoms with Gasteiger partial charge in [0.05, 0.1) is 34.3 Å². The molecule has 1 N–H and O–H groups in total. The van der Waals surface area contributed by atoms with Crippen molar-refractivity contribution in [1.82, 2.24) is 5.43 Å². The fourth-order valence-corrected chi connectivity index (χ4v) is 3.68. The van der Waals surface area contributed by atoms with E-state index in [1.807, 2.05) is 23.6 Å². The molecule has 1 heterocycles. The largest absolute Gasteiger partial charge is 0.493 e. The van der Waals surface area contributed by atoms with Crippen LogP contribution in [0.1, 0.15) is 26.4 Å². The van der Waals surface area contributed by atoms with Crippen molar-refractivity contribution in [2.45, 2.75) is 6.61 Å². The zero-order valence-electron chi connectivity index (χ0n) is 15.4. The van der Waals surface area contributed by atoms with Gasteiger partial charge in [0.2, 0.25) is 0 Å². The zero-order valence-corrected chi connectivity index (χ0v) is 17.8. The highest BCUT2D eigenvalue weighted by Crippen LogP contribution is 2.37. The summed E-state index contributed by atoms with van der Waals surface area (Å²) in [5.41, 5.74) is 4.55. The predicted octanol–water partition coefficient (Wildman–Crippen LogP) is 4.73. The van der Waals surface area contributed by atoms with Crippen LogP contribution in [-0.4, -0.2) is 19.2 Å². The van der Waals surface area contributed by atoms with Crippen LogP contribution in [0.4, 0.5) is 0 Å². The number of benzene rings is 2. The van der Waals surface area contributed by atoms with Crippen molar-refractivity contribution in [3.63, 3.8) is 0 Å². The van der Waals surface area contributed by atoms with E-state index in [1.165, 1.54) is 24.7 Å². The highest BCUT2D eigenvalue weighted by atomic mass is 79.9. The molecule has 0 saturated heterocycles. The number of ether oxygens (including phenoxy) is 2. The third-order valence-corrected chi connectivity index (χ3v) is 5.34. The summed E-state index contributed by atoms with van der Waals surface area (Å²) in [5.74, 6) is 0.748. The van der Waals surface area contributed by atoms with E-state index in [-0.39, 0.29) is 12.5 Å². The van der Waals surface area contributed by atoms with Gasteiger partial charge in [0.25, 0.3) is 5.91 Å². The van der Waals surface area contributed by atoms with Crippen LogP contribution in [0.2, 0.25) is 0 Å². The molecule has 0 fully saturated rings. The molecule has 1 aromatic heterocycles. The molecule has 0 aliphatic carbocycles. The Hall–Kier alpha value is -3.15. The Labute approximate surface area is 180 Å². The summed E-state index contributed by atoms with van der Waals surface area (Å²) in [6, 6.07) is 16.5. The van der Waals surface area contributed by atoms with E-state index in [2.05, 4.69) is 32.5 Å². The van der Waals surface area contributed by atoms with Gasteiger partial charge in [0.15, 0.2) is 11.5 Å². The minimum Gasteiger partial charge on any atom is -0.493 e. The molecule has 8 heteroatoms. The molecule has 0 atom stereocenters. The monoisotopic (exact) mass is 469 g/mol. The van der Waals surface area contributed by atoms with Crippen LogP contribution in [-0.2, 0) is 6.61 Å². The summed E-state index contributed by atoms with van der Waals surface area (Å²) in [5, 5.41) is 15.0. The highest BCUT2D eigenvalue weighted by Gasteiger charge is 2.13. The summed E-state index contributed by atoms with van der Waals surface area (Å²) in [6.07, 6.45) is 1.52. The Morgan fingerprint density at radius 2 is 2.14 bits per heavy atom. The first kappa shape index (κ1) is 20.6. The molecule has 0 unspecified atom stereocenters. The summed E-state index contributed by atoms with van der Waals surface area (Å²) in [7, 11) is 1.54. The van der Waals surface area contributed by atoms with Crippen molar-refractivity contribution >= 4 is 39.4 Å². The van der Waals surface area contributed by atoms with Crippen molar-refractivity contribution in [1.29, 1.82) is 5.26 Å². The number of amides is 1. The highest BCUT2D eigenvalue weighted by molar-refractivity contribution is 9.10. The Morgan fingerprint density at radius 3 is 2.86 bits per heavy atom. The first-order valence-corrected chi connectivity index (χ1v) is 10.1. The number of methoxy groups -OCH3 is 1. The number of carbonyl (C=O) groups excluding carboxylic acids is 1. The maximum Gasteiger partial charge on any atom is 0.281 e. The third-order valence-electron chi connectivity index (χ3n) is 3.89. The molecule has 0 aliphatic heterocycles. The number of hydrogen-bond acceptors (Lipinski definition) is 6. The molecule has 1 amide bonds. The molecule has 6 nitrogen and oxygen atoms in total. The van der Waals surface area contributed by atoms with Crippen LogP contribution in [0.3, 0.4) is 0 Å². The van der Waals surface area contributed by atoms with E-state index in [0.717, 1.165) is 5.56 Å². The molecule has 0 radical (unpaired) electrons. The number of thiophene rings is 1. The molecule has 146 valence electrons. The van der Waals surface area contributed by atoms with Crippen molar-refractivity contribution < 1.29 is 14.3 Å². The Bertz CT molecular complexity index is 1080. The van der Waals surface area contributed by atoms with E-state index in [9.17, 15) is 10.1 Å². The maximum absolute atomic E-state index is 11.9. The molecule has 3 aromatic rings. The van der Waals surface area contributed by atoms with E-state index in [4.69, 9.17) is 9.47 Å². The molecular formula is C21H16BrN3O3S. The van der Waals surface area contributed by atoms with Crippen molar-refractivity contribution in [3.8, 4) is 17.6 Å². The van der Waals surface area contributed by atoms with Crippen LogP contribution in [0, 0.1) is 11.3 Å². The number of nitrogens with one attached hydrogen (secondary N) is 1. The van der Waals surface area contributed by atoms with Crippen LogP contribution in [0.15, 0.2) is 63.5 Å². The normalized spacial score (nSPS) is 10.5. The second-order valence-electron chi connectivity index (χ2n) is 5.77. The predicted molar refractivity (Wildman–Crippen MR) is 116 cm³/mol. The first-order valence-electron chi connectivity index (χ1n) is 8.47. The molecule has 0 saturated carbocycles. The third kappa shape index (κ3) is 5.22. The molecule has 3 rings (SSSR count). The fraction of sp³-hybridized carbons (Fsp3) is 0.0952. The van der Waals surface area contributed by atoms with E-state index >= 15 is 0 Å². The average Bonchev–Trinajstić information content (AvgIpc) is 3.28. The second-order valence-corrected chi connectivity index (χ2v) is 7.57. The van der Waals surface area contributed by atoms with Gasteiger partial charge in [-0.2, -0.15) is 10.4 Å². The van der Waals surface area contributed by atoms with Gasteiger partial charge in [-0.25, -0.2) is 5.43 Å². The van der Waals surface area contributed by atoms with E-state index in [1.54, 1.807) is 30.3 Å². The number of halogens is 1. The maximum atomic E-state index is 11.9. The number of carbonyl (C=O) groups is 1. The summed E-state index contributed by atoms with van der Waals surface area (Å²) < 4.78 is 12.0. The lowest BCUT2D eigenvalue weighted by Crippen LogP contribution is -2.16. The zero-order chi connectivity index (χ0) is 20.6. The molecule has 0 spiro atoms. The summed E-state index contributed by atoms with van der Waals surface area (Å²) in [4.78, 5) is 12.5. The fourth-order valence-electron chi connectivity index (χ4n) is 2.49. The van der Waals surface area contributed by atoms with E-state index in [0.29, 0.717) is 32.0 Å². The minimum atomic E-state index is -0.265. The van der Waals surface area contributed by atoms with Gasteiger partial charge in [0.1, 0.15) is 6.61 Å². The van der Waals surface area contributed by atoms with Gasteiger partial charge in [0, 0.05) is 5.56 Å². The molecule has 2 aromatic carbocycles. The van der Waals surface area contributed by atoms with Crippen LogP contribution in [0.25, 0.3) is 0 Å². The van der Waals surface area contributed by atoms with Gasteiger partial charge in [-0.1, -0.05) is 24.3 Å². The lowest BCUT2D eigenvalue weighted by molar-refractivity contribution is 0.0959. The Kier molecular flexibility index (Phi) is 7.00. The molecule has 0 bridgehead atoms. The molecule has 29 heavy (non-hydrogen) atoms. The molecular weight excluding hydrogens is 454 g/mol. The van der Waals surface area contributed by atoms with Crippen LogP contribution < -0.4 is 14.9 Å². The lowest BCUT2D eigenvalue weighted by Gasteiger charge is -2.14. The van der Waals surface area contributed by atoms with Gasteiger partial charge in [-0.05, 0) is 51.1 Å². The first-order chi connectivity index (χ1) is 14.1. The van der Waals surface area contributed by atoms with Crippen LogP contribution >= 0.6 is 27.3 Å². The summed E-state index contributed by atoms with van der Waals surface area (Å²) >= 11 is 4.83. The van der Waals surface area contributed by atoms with Crippen molar-refractivity contribution in [3.05, 3.63) is 80.0 Å². The van der Waals surface area contributed by atoms with Gasteiger partial charge < -0.3 is 9.47 Å². The number of nitrogens with zero attached hydrogens (tertiary/aromatic N) is 2. The quantitative estimate of drug-likeness (QED) is 0.400. The average molecular weight is 470 g/mol. The number of nitriles is 1. The standard InChI is InChI=1S/C21H16BrN3O3S/c1-27-18-10-14(12-24-25-21(26)19-7-4-8-29-19)9-17(22)20(18)28-13-16-6-3-2-5-15(16)11-23/h2-10,12H,13H2,1H3,(H,25,26)/b24-12+. The van der Waals surface area contributed by atoms with Gasteiger partial charge >= 0.3 is 0 Å². The minimum absolute atomic E-state index is 0.225. The lowest BCUT2D eigenvalue weighted by atomic mass is 10.1. The SMILES string of the molecule is COc1cc(/C=N/NC(=O)c2cccs2)cc(Br)c1OCc1ccccc1C#N. The Morgan fingerprint density at radius 1 is 1.31 bits per heavy atom. The van der Waals surface area contributed by atoms with E-state index < -0.39 is 0 Å². The number of hydrazone groups is 1. The second kappa shape index (κ2) is 9.87. The van der Waals surface area contributed by atoms with Gasteiger partial charge in [-0.15, -0.1) is 11.3 Å². The topological polar surface area (TPSA) is 83.7 Å². The smallest absolute Gasteiger partial charge is 0.281 e. The molecule has 0 aliphatic rings. The summed E-state index contributed by atoms with van der Waals surface area (Å²) in [6.45, 7) is 0.225. The number of hydrogen-bond donors (Lipinski definition) is 1.